The molecular formula is C9H12F3N3O. The van der Waals surface area contributed by atoms with E-state index >= 15 is 0 Å². The van der Waals surface area contributed by atoms with Gasteiger partial charge in [0.25, 0.3) is 5.89 Å². The number of nitrogens with two attached hydrogens (primary N) is 1. The molecule has 1 aromatic rings. The molecule has 1 saturated carbocycles. The van der Waals surface area contributed by atoms with Gasteiger partial charge in [0, 0.05) is 6.42 Å². The van der Waals surface area contributed by atoms with Gasteiger partial charge in [-0.15, -0.1) is 0 Å². The van der Waals surface area contributed by atoms with E-state index in [1.165, 1.54) is 0 Å². The standard InChI is InChI=1S/C9H12F3N3O/c1-8(13,9(10,11)12)7-14-6(15-16-7)4-5-2-3-5/h5H,2-4,13H2,1H3. The summed E-state index contributed by atoms with van der Waals surface area (Å²) in [6.07, 6.45) is -1.89. The fourth-order valence-electron chi connectivity index (χ4n) is 1.25. The Labute approximate surface area is 90.0 Å². The minimum absolute atomic E-state index is 0.304. The van der Waals surface area contributed by atoms with Crippen LogP contribution in [0.4, 0.5) is 13.2 Å². The van der Waals surface area contributed by atoms with Crippen LogP contribution in [0, 0.1) is 5.92 Å². The SMILES string of the molecule is CC(N)(c1nc(CC2CC2)no1)C(F)(F)F. The van der Waals surface area contributed by atoms with Crippen LogP contribution in [-0.4, -0.2) is 16.3 Å². The van der Waals surface area contributed by atoms with E-state index in [0.29, 0.717) is 18.2 Å². The van der Waals surface area contributed by atoms with Gasteiger partial charge in [-0.1, -0.05) is 5.16 Å². The summed E-state index contributed by atoms with van der Waals surface area (Å²) < 4.78 is 42.2. The third-order valence-corrected chi connectivity index (χ3v) is 2.67. The molecule has 1 unspecified atom stereocenters. The van der Waals surface area contributed by atoms with E-state index in [1.807, 2.05) is 0 Å². The van der Waals surface area contributed by atoms with E-state index in [4.69, 9.17) is 5.73 Å². The van der Waals surface area contributed by atoms with Crippen LogP contribution in [0.5, 0.6) is 0 Å². The minimum atomic E-state index is -4.60. The van der Waals surface area contributed by atoms with Gasteiger partial charge in [0.05, 0.1) is 0 Å². The summed E-state index contributed by atoms with van der Waals surface area (Å²) in [6, 6.07) is 0. The summed E-state index contributed by atoms with van der Waals surface area (Å²) in [6.45, 7) is 0.821. The van der Waals surface area contributed by atoms with Gasteiger partial charge in [-0.2, -0.15) is 18.2 Å². The zero-order chi connectivity index (χ0) is 12.0. The molecule has 0 spiro atoms. The van der Waals surface area contributed by atoms with Crippen LogP contribution in [-0.2, 0) is 12.0 Å². The average molecular weight is 235 g/mol. The van der Waals surface area contributed by atoms with Crippen molar-refractivity contribution in [2.75, 3.05) is 0 Å². The van der Waals surface area contributed by atoms with Gasteiger partial charge >= 0.3 is 6.18 Å². The van der Waals surface area contributed by atoms with Gasteiger partial charge in [-0.25, -0.2) is 0 Å². The number of aromatic nitrogens is 2. The van der Waals surface area contributed by atoms with Gasteiger partial charge in [0.2, 0.25) is 0 Å². The number of hydrogen-bond acceptors (Lipinski definition) is 4. The fourth-order valence-corrected chi connectivity index (χ4v) is 1.25. The second-order valence-corrected chi connectivity index (χ2v) is 4.36. The summed E-state index contributed by atoms with van der Waals surface area (Å²) in [4.78, 5) is 3.71. The molecule has 4 nitrogen and oxygen atoms in total. The Balaban J connectivity index is 2.16. The van der Waals surface area contributed by atoms with Crippen LogP contribution in [0.1, 0.15) is 31.5 Å². The molecule has 0 bridgehead atoms. The van der Waals surface area contributed by atoms with Crippen molar-refractivity contribution in [1.82, 2.24) is 10.1 Å². The maximum absolute atomic E-state index is 12.6. The van der Waals surface area contributed by atoms with Crippen LogP contribution in [0.3, 0.4) is 0 Å². The molecule has 0 radical (unpaired) electrons. The summed E-state index contributed by atoms with van der Waals surface area (Å²) in [7, 11) is 0. The number of alkyl halides is 3. The van der Waals surface area contributed by atoms with Crippen LogP contribution in [0.15, 0.2) is 4.52 Å². The topological polar surface area (TPSA) is 64.9 Å². The Kier molecular flexibility index (Phi) is 2.45. The zero-order valence-electron chi connectivity index (χ0n) is 8.71. The van der Waals surface area contributed by atoms with Crippen molar-refractivity contribution in [2.45, 2.75) is 37.9 Å². The lowest BCUT2D eigenvalue weighted by molar-refractivity contribution is -0.190. The van der Waals surface area contributed by atoms with E-state index in [2.05, 4.69) is 14.7 Å². The minimum Gasteiger partial charge on any atom is -0.337 e. The highest BCUT2D eigenvalue weighted by Crippen LogP contribution is 2.36. The lowest BCUT2D eigenvalue weighted by atomic mass is 10.0. The quantitative estimate of drug-likeness (QED) is 0.866. The second-order valence-electron chi connectivity index (χ2n) is 4.36. The van der Waals surface area contributed by atoms with Crippen LogP contribution < -0.4 is 5.73 Å². The largest absolute Gasteiger partial charge is 0.415 e. The fraction of sp³-hybridized carbons (Fsp3) is 0.778. The van der Waals surface area contributed by atoms with Crippen molar-refractivity contribution in [3.63, 3.8) is 0 Å². The highest BCUT2D eigenvalue weighted by Gasteiger charge is 2.53. The Morgan fingerprint density at radius 1 is 1.44 bits per heavy atom. The van der Waals surface area contributed by atoms with Crippen molar-refractivity contribution in [1.29, 1.82) is 0 Å². The van der Waals surface area contributed by atoms with E-state index < -0.39 is 17.6 Å². The molecule has 1 atom stereocenters. The molecule has 1 aliphatic rings. The number of nitrogens with zero attached hydrogens (tertiary/aromatic N) is 2. The molecule has 0 saturated heterocycles. The van der Waals surface area contributed by atoms with Crippen molar-refractivity contribution in [2.24, 2.45) is 11.7 Å². The van der Waals surface area contributed by atoms with Crippen LogP contribution >= 0.6 is 0 Å². The van der Waals surface area contributed by atoms with Gasteiger partial charge in [0.1, 0.15) is 0 Å². The highest BCUT2D eigenvalue weighted by atomic mass is 19.4. The first-order chi connectivity index (χ1) is 7.30. The van der Waals surface area contributed by atoms with Crippen LogP contribution in [0.2, 0.25) is 0 Å². The lowest BCUT2D eigenvalue weighted by Crippen LogP contribution is -2.48. The first-order valence-electron chi connectivity index (χ1n) is 4.99. The van der Waals surface area contributed by atoms with Crippen molar-refractivity contribution < 1.29 is 17.7 Å². The van der Waals surface area contributed by atoms with Crippen molar-refractivity contribution in [3.05, 3.63) is 11.7 Å². The normalized spacial score (nSPS) is 20.8. The molecule has 1 fully saturated rings. The summed E-state index contributed by atoms with van der Waals surface area (Å²) in [5.41, 5.74) is 2.57. The predicted molar refractivity (Wildman–Crippen MR) is 48.3 cm³/mol. The molecule has 7 heteroatoms. The first-order valence-corrected chi connectivity index (χ1v) is 4.99. The maximum Gasteiger partial charge on any atom is 0.415 e. The van der Waals surface area contributed by atoms with Gasteiger partial charge < -0.3 is 10.3 Å². The Bertz CT molecular complexity index is 382. The summed E-state index contributed by atoms with van der Waals surface area (Å²) >= 11 is 0. The van der Waals surface area contributed by atoms with Gasteiger partial charge in [-0.3, -0.25) is 0 Å². The Morgan fingerprint density at radius 3 is 2.56 bits per heavy atom. The van der Waals surface area contributed by atoms with Crippen molar-refractivity contribution >= 4 is 0 Å². The molecule has 1 aromatic heterocycles. The van der Waals surface area contributed by atoms with Gasteiger partial charge in [0.15, 0.2) is 11.4 Å². The molecule has 2 N–H and O–H groups in total. The lowest BCUT2D eigenvalue weighted by Gasteiger charge is -2.22. The predicted octanol–water partition coefficient (Wildman–Crippen LogP) is 1.76. The molecule has 90 valence electrons. The Morgan fingerprint density at radius 2 is 2.06 bits per heavy atom. The summed E-state index contributed by atoms with van der Waals surface area (Å²) in [5.74, 6) is 0.217. The second kappa shape index (κ2) is 3.44. The van der Waals surface area contributed by atoms with Crippen molar-refractivity contribution in [3.8, 4) is 0 Å². The number of rotatable bonds is 3. The monoisotopic (exact) mass is 235 g/mol. The van der Waals surface area contributed by atoms with Crippen LogP contribution in [0.25, 0.3) is 0 Å². The molecule has 1 aliphatic carbocycles. The summed E-state index contributed by atoms with van der Waals surface area (Å²) in [5, 5.41) is 3.51. The molecule has 0 aliphatic heterocycles. The number of halogens is 3. The molecule has 16 heavy (non-hydrogen) atoms. The Hall–Kier alpha value is -1.11. The zero-order valence-corrected chi connectivity index (χ0v) is 8.71. The first kappa shape index (κ1) is 11.4. The van der Waals surface area contributed by atoms with E-state index in [0.717, 1.165) is 19.8 Å². The highest BCUT2D eigenvalue weighted by molar-refractivity contribution is 5.05. The van der Waals surface area contributed by atoms with Gasteiger partial charge in [-0.05, 0) is 25.7 Å². The van der Waals surface area contributed by atoms with E-state index in [1.54, 1.807) is 0 Å². The van der Waals surface area contributed by atoms with E-state index in [-0.39, 0.29) is 0 Å². The molecule has 0 aromatic carbocycles. The molecule has 0 amide bonds. The van der Waals surface area contributed by atoms with E-state index in [9.17, 15) is 13.2 Å². The average Bonchev–Trinajstić information content (AvgIpc) is 2.79. The smallest absolute Gasteiger partial charge is 0.337 e. The third-order valence-electron chi connectivity index (χ3n) is 2.67. The molecule has 1 heterocycles. The molecular weight excluding hydrogens is 223 g/mol. The molecule has 2 rings (SSSR count). The maximum atomic E-state index is 12.6. The number of hydrogen-bond donors (Lipinski definition) is 1. The third kappa shape index (κ3) is 2.04.